The van der Waals surface area contributed by atoms with Crippen molar-refractivity contribution in [2.45, 2.75) is 39.5 Å². The molecule has 1 N–H and O–H groups in total. The van der Waals surface area contributed by atoms with Gasteiger partial charge >= 0.3 is 12.3 Å². The largest absolute Gasteiger partial charge is 0.573 e. The van der Waals surface area contributed by atoms with Gasteiger partial charge in [-0.2, -0.15) is 0 Å². The Morgan fingerprint density at radius 1 is 1.14 bits per heavy atom. The lowest BCUT2D eigenvalue weighted by Gasteiger charge is -2.25. The monoisotopic (exact) mass is 407 g/mol. The van der Waals surface area contributed by atoms with Gasteiger partial charge < -0.3 is 14.7 Å². The summed E-state index contributed by atoms with van der Waals surface area (Å²) >= 11 is 0. The summed E-state index contributed by atoms with van der Waals surface area (Å²) in [4.78, 5) is 13.2. The van der Waals surface area contributed by atoms with Gasteiger partial charge in [0.05, 0.1) is 5.92 Å². The molecule has 0 aliphatic carbocycles. The van der Waals surface area contributed by atoms with Crippen LogP contribution in [0.4, 0.5) is 18.9 Å². The number of anilines is 1. The third-order valence-electron chi connectivity index (χ3n) is 5.29. The highest BCUT2D eigenvalue weighted by molar-refractivity contribution is 5.70. The molecule has 0 fully saturated rings. The maximum atomic E-state index is 12.6. The molecule has 0 spiro atoms. The van der Waals surface area contributed by atoms with Gasteiger partial charge in [0.25, 0.3) is 0 Å². The number of nitrogens with zero attached hydrogens (tertiary/aromatic N) is 1. The van der Waals surface area contributed by atoms with Crippen molar-refractivity contribution >= 4 is 11.7 Å². The average Bonchev–Trinajstić information content (AvgIpc) is 2.84. The van der Waals surface area contributed by atoms with Crippen molar-refractivity contribution in [2.24, 2.45) is 5.92 Å². The fourth-order valence-electron chi connectivity index (χ4n) is 3.71. The molecule has 1 aliphatic heterocycles. The first-order chi connectivity index (χ1) is 13.6. The summed E-state index contributed by atoms with van der Waals surface area (Å²) in [5.74, 6) is -1.48. The third kappa shape index (κ3) is 5.43. The van der Waals surface area contributed by atoms with Crippen LogP contribution in [0.15, 0.2) is 36.4 Å². The number of carboxylic acid groups (broad SMARTS) is 1. The maximum Gasteiger partial charge on any atom is 0.573 e. The fraction of sp³-hybridized carbons (Fsp3) is 0.409. The lowest BCUT2D eigenvalue weighted by molar-refractivity contribution is -0.274. The predicted octanol–water partition coefficient (Wildman–Crippen LogP) is 4.76. The van der Waals surface area contributed by atoms with Crippen molar-refractivity contribution in [1.82, 2.24) is 0 Å². The molecule has 0 aromatic heterocycles. The van der Waals surface area contributed by atoms with Crippen molar-refractivity contribution in [3.05, 3.63) is 58.7 Å². The molecular formula is C22H24F3NO3. The summed E-state index contributed by atoms with van der Waals surface area (Å²) < 4.78 is 41.8. The number of carbonyl (C=O) groups is 1. The van der Waals surface area contributed by atoms with E-state index in [0.29, 0.717) is 19.5 Å². The van der Waals surface area contributed by atoms with Crippen LogP contribution in [-0.4, -0.2) is 30.5 Å². The topological polar surface area (TPSA) is 49.8 Å². The van der Waals surface area contributed by atoms with E-state index in [2.05, 4.69) is 15.7 Å². The summed E-state index contributed by atoms with van der Waals surface area (Å²) in [6.07, 6.45) is -2.73. The highest BCUT2D eigenvalue weighted by Crippen LogP contribution is 2.31. The van der Waals surface area contributed by atoms with E-state index in [1.54, 1.807) is 13.0 Å². The Bertz CT molecular complexity index is 895. The minimum absolute atomic E-state index is 0.218. The number of hydrogen-bond acceptors (Lipinski definition) is 3. The highest BCUT2D eigenvalue weighted by Gasteiger charge is 2.31. The molecule has 4 nitrogen and oxygen atoms in total. The van der Waals surface area contributed by atoms with Crippen LogP contribution >= 0.6 is 0 Å². The number of aliphatic carboxylic acids is 1. The van der Waals surface area contributed by atoms with Crippen LogP contribution in [0.25, 0.3) is 0 Å². The lowest BCUT2D eigenvalue weighted by Crippen LogP contribution is -2.27. The average molecular weight is 407 g/mol. The van der Waals surface area contributed by atoms with E-state index in [0.717, 1.165) is 29.7 Å². The van der Waals surface area contributed by atoms with E-state index in [1.165, 1.54) is 23.3 Å². The smallest absolute Gasteiger partial charge is 0.481 e. The number of rotatable bonds is 5. The van der Waals surface area contributed by atoms with Gasteiger partial charge in [0.1, 0.15) is 5.75 Å². The minimum atomic E-state index is -4.72. The van der Waals surface area contributed by atoms with E-state index in [4.69, 9.17) is 5.11 Å². The van der Waals surface area contributed by atoms with Crippen LogP contribution in [0.2, 0.25) is 0 Å². The minimum Gasteiger partial charge on any atom is -0.481 e. The molecule has 0 radical (unpaired) electrons. The summed E-state index contributed by atoms with van der Waals surface area (Å²) in [6.45, 7) is 4.92. The predicted molar refractivity (Wildman–Crippen MR) is 104 cm³/mol. The number of aryl methyl sites for hydroxylation is 1. The van der Waals surface area contributed by atoms with Crippen molar-refractivity contribution in [3.8, 4) is 5.75 Å². The zero-order valence-electron chi connectivity index (χ0n) is 16.4. The Kier molecular flexibility index (Phi) is 6.05. The molecule has 2 aromatic carbocycles. The van der Waals surface area contributed by atoms with Gasteiger partial charge in [0, 0.05) is 24.8 Å². The van der Waals surface area contributed by atoms with E-state index < -0.39 is 18.2 Å². The first kappa shape index (κ1) is 21.0. The maximum absolute atomic E-state index is 12.6. The van der Waals surface area contributed by atoms with Gasteiger partial charge in [-0.1, -0.05) is 31.2 Å². The molecule has 0 unspecified atom stereocenters. The summed E-state index contributed by atoms with van der Waals surface area (Å²) in [6, 6.07) is 10.5. The SMILES string of the molecule is Cc1ccc(OC(F)(F)F)cc1N1CCc2ccc(C[C@@H](C)C(=O)O)cc2CC1. The molecule has 156 valence electrons. The van der Waals surface area contributed by atoms with Crippen molar-refractivity contribution in [2.75, 3.05) is 18.0 Å². The van der Waals surface area contributed by atoms with Gasteiger partial charge in [0.15, 0.2) is 0 Å². The van der Waals surface area contributed by atoms with Crippen molar-refractivity contribution < 1.29 is 27.8 Å². The van der Waals surface area contributed by atoms with E-state index in [9.17, 15) is 18.0 Å². The second kappa shape index (κ2) is 8.35. The Morgan fingerprint density at radius 2 is 1.83 bits per heavy atom. The number of halogens is 3. The number of alkyl halides is 3. The highest BCUT2D eigenvalue weighted by atomic mass is 19.4. The Balaban J connectivity index is 1.77. The molecule has 0 amide bonds. The Labute approximate surface area is 167 Å². The zero-order chi connectivity index (χ0) is 21.2. The Hall–Kier alpha value is -2.70. The van der Waals surface area contributed by atoms with Crippen LogP contribution < -0.4 is 9.64 Å². The van der Waals surface area contributed by atoms with Gasteiger partial charge in [-0.3, -0.25) is 4.79 Å². The molecule has 1 atom stereocenters. The number of ether oxygens (including phenoxy) is 1. The van der Waals surface area contributed by atoms with Crippen LogP contribution in [0.1, 0.15) is 29.2 Å². The number of fused-ring (bicyclic) bond motifs is 1. The third-order valence-corrected chi connectivity index (χ3v) is 5.29. The first-order valence-corrected chi connectivity index (χ1v) is 9.57. The molecular weight excluding hydrogens is 383 g/mol. The summed E-state index contributed by atoms with van der Waals surface area (Å²) in [7, 11) is 0. The number of hydrogen-bond donors (Lipinski definition) is 1. The van der Waals surface area contributed by atoms with Crippen LogP contribution in [0.3, 0.4) is 0 Å². The summed E-state index contributed by atoms with van der Waals surface area (Å²) in [5.41, 5.74) is 4.98. The van der Waals surface area contributed by atoms with E-state index in [-0.39, 0.29) is 5.75 Å². The molecule has 3 rings (SSSR count). The molecule has 2 aromatic rings. The molecule has 0 bridgehead atoms. The van der Waals surface area contributed by atoms with Crippen LogP contribution in [0.5, 0.6) is 5.75 Å². The molecule has 0 saturated carbocycles. The second-order valence-electron chi connectivity index (χ2n) is 7.53. The quantitative estimate of drug-likeness (QED) is 0.776. The molecule has 0 saturated heterocycles. The molecule has 1 aliphatic rings. The fourth-order valence-corrected chi connectivity index (χ4v) is 3.71. The lowest BCUT2D eigenvalue weighted by atomic mass is 9.95. The van der Waals surface area contributed by atoms with Crippen LogP contribution in [-0.2, 0) is 24.1 Å². The Morgan fingerprint density at radius 3 is 2.48 bits per heavy atom. The zero-order valence-corrected chi connectivity index (χ0v) is 16.4. The van der Waals surface area contributed by atoms with Gasteiger partial charge in [-0.15, -0.1) is 13.2 Å². The van der Waals surface area contributed by atoms with E-state index >= 15 is 0 Å². The van der Waals surface area contributed by atoms with Gasteiger partial charge in [0.2, 0.25) is 0 Å². The molecule has 29 heavy (non-hydrogen) atoms. The summed E-state index contributed by atoms with van der Waals surface area (Å²) in [5, 5.41) is 9.12. The standard InChI is InChI=1S/C22H24F3NO3/c1-14-3-6-19(29-22(23,24)25)13-20(14)26-9-7-17-5-4-16(11-15(2)21(27)28)12-18(17)8-10-26/h3-6,12-13,15H,7-11H2,1-2H3,(H,27,28)/t15-/m1/s1. The second-order valence-corrected chi connectivity index (χ2v) is 7.53. The normalized spacial score (nSPS) is 15.4. The number of benzene rings is 2. The van der Waals surface area contributed by atoms with Crippen molar-refractivity contribution in [3.63, 3.8) is 0 Å². The number of carboxylic acids is 1. The first-order valence-electron chi connectivity index (χ1n) is 9.57. The van der Waals surface area contributed by atoms with E-state index in [1.807, 2.05) is 19.1 Å². The molecule has 1 heterocycles. The van der Waals surface area contributed by atoms with Crippen molar-refractivity contribution in [1.29, 1.82) is 0 Å². The van der Waals surface area contributed by atoms with Gasteiger partial charge in [-0.25, -0.2) is 0 Å². The van der Waals surface area contributed by atoms with Crippen LogP contribution in [0, 0.1) is 12.8 Å². The van der Waals surface area contributed by atoms with Gasteiger partial charge in [-0.05, 0) is 54.5 Å². The molecule has 7 heteroatoms.